The fourth-order valence-corrected chi connectivity index (χ4v) is 2.03. The van der Waals surface area contributed by atoms with Crippen molar-refractivity contribution in [3.63, 3.8) is 0 Å². The van der Waals surface area contributed by atoms with E-state index in [-0.39, 0.29) is 11.9 Å². The Balaban J connectivity index is 2.03. The Morgan fingerprint density at radius 3 is 2.40 bits per heavy atom. The predicted octanol–water partition coefficient (Wildman–Crippen LogP) is 3.78. The fraction of sp³-hybridized carbons (Fsp3) is 0.294. The van der Waals surface area contributed by atoms with Crippen molar-refractivity contribution in [3.05, 3.63) is 65.0 Å². The van der Waals surface area contributed by atoms with E-state index in [1.807, 2.05) is 7.05 Å². The number of benzene rings is 2. The molecule has 1 N–H and O–H groups in total. The zero-order valence-corrected chi connectivity index (χ0v) is 12.1. The van der Waals surface area contributed by atoms with E-state index in [4.69, 9.17) is 4.74 Å². The molecule has 2 aromatic rings. The highest BCUT2D eigenvalue weighted by Gasteiger charge is 2.10. The van der Waals surface area contributed by atoms with Crippen molar-refractivity contribution >= 4 is 0 Å². The van der Waals surface area contributed by atoms with Crippen LogP contribution in [-0.2, 0) is 0 Å². The molecule has 1 unspecified atom stereocenters. The first-order valence-electron chi connectivity index (χ1n) is 6.73. The summed E-state index contributed by atoms with van der Waals surface area (Å²) in [5, 5.41) is 3.23. The lowest BCUT2D eigenvalue weighted by Crippen LogP contribution is -2.23. The largest absolute Gasteiger partial charge is 0.492 e. The number of ether oxygens (including phenoxy) is 1. The molecule has 0 bridgehead atoms. The Hall–Kier alpha value is -1.87. The van der Waals surface area contributed by atoms with Crippen molar-refractivity contribution in [1.82, 2.24) is 5.32 Å². The molecular formula is C17H20FNO. The van der Waals surface area contributed by atoms with Gasteiger partial charge in [-0.25, -0.2) is 4.39 Å². The summed E-state index contributed by atoms with van der Waals surface area (Å²) >= 11 is 0. The Labute approximate surface area is 119 Å². The van der Waals surface area contributed by atoms with Crippen LogP contribution in [0.1, 0.15) is 22.7 Å². The lowest BCUT2D eigenvalue weighted by atomic mass is 10.1. The van der Waals surface area contributed by atoms with Crippen LogP contribution in [0.3, 0.4) is 0 Å². The molecule has 0 aliphatic rings. The quantitative estimate of drug-likeness (QED) is 0.895. The Morgan fingerprint density at radius 2 is 1.80 bits per heavy atom. The van der Waals surface area contributed by atoms with Crippen molar-refractivity contribution in [1.29, 1.82) is 0 Å². The Bertz CT molecular complexity index is 566. The molecule has 0 saturated heterocycles. The molecule has 0 aliphatic carbocycles. The normalized spacial score (nSPS) is 12.2. The number of hydrogen-bond acceptors (Lipinski definition) is 2. The second-order valence-corrected chi connectivity index (χ2v) is 4.97. The summed E-state index contributed by atoms with van der Waals surface area (Å²) in [5.74, 6) is 0.484. The number of nitrogens with one attached hydrogen (secondary N) is 1. The van der Waals surface area contributed by atoms with Gasteiger partial charge in [-0.3, -0.25) is 0 Å². The SMILES string of the molecule is CNC(COc1ccc(F)c(C)c1)c1ccc(C)cc1. The van der Waals surface area contributed by atoms with Gasteiger partial charge in [0.05, 0.1) is 6.04 Å². The summed E-state index contributed by atoms with van der Waals surface area (Å²) in [4.78, 5) is 0. The Morgan fingerprint density at radius 1 is 1.10 bits per heavy atom. The van der Waals surface area contributed by atoms with Crippen LogP contribution in [0.4, 0.5) is 4.39 Å². The van der Waals surface area contributed by atoms with Gasteiger partial charge in [-0.15, -0.1) is 0 Å². The molecule has 0 aliphatic heterocycles. The molecule has 2 aromatic carbocycles. The van der Waals surface area contributed by atoms with E-state index in [2.05, 4.69) is 36.5 Å². The Kier molecular flexibility index (Phi) is 4.74. The predicted molar refractivity (Wildman–Crippen MR) is 79.6 cm³/mol. The molecule has 0 saturated carbocycles. The van der Waals surface area contributed by atoms with E-state index in [0.29, 0.717) is 17.9 Å². The smallest absolute Gasteiger partial charge is 0.126 e. The van der Waals surface area contributed by atoms with Gasteiger partial charge in [0, 0.05) is 0 Å². The van der Waals surface area contributed by atoms with Gasteiger partial charge in [0.15, 0.2) is 0 Å². The summed E-state index contributed by atoms with van der Waals surface area (Å²) in [7, 11) is 1.91. The molecule has 3 heteroatoms. The maximum absolute atomic E-state index is 13.2. The fourth-order valence-electron chi connectivity index (χ4n) is 2.03. The highest BCUT2D eigenvalue weighted by molar-refractivity contribution is 5.29. The summed E-state index contributed by atoms with van der Waals surface area (Å²) < 4.78 is 18.9. The van der Waals surface area contributed by atoms with Crippen LogP contribution in [0, 0.1) is 19.7 Å². The highest BCUT2D eigenvalue weighted by Crippen LogP contribution is 2.19. The molecule has 20 heavy (non-hydrogen) atoms. The summed E-state index contributed by atoms with van der Waals surface area (Å²) in [6, 6.07) is 13.3. The molecule has 0 spiro atoms. The minimum Gasteiger partial charge on any atom is -0.492 e. The summed E-state index contributed by atoms with van der Waals surface area (Å²) in [6.45, 7) is 4.30. The van der Waals surface area contributed by atoms with Crippen LogP contribution in [-0.4, -0.2) is 13.7 Å². The zero-order chi connectivity index (χ0) is 14.5. The van der Waals surface area contributed by atoms with E-state index in [0.717, 1.165) is 0 Å². The van der Waals surface area contributed by atoms with Gasteiger partial charge in [-0.2, -0.15) is 0 Å². The number of likely N-dealkylation sites (N-methyl/N-ethyl adjacent to an activating group) is 1. The highest BCUT2D eigenvalue weighted by atomic mass is 19.1. The van der Waals surface area contributed by atoms with E-state index in [1.54, 1.807) is 19.1 Å². The van der Waals surface area contributed by atoms with Crippen LogP contribution in [0.5, 0.6) is 5.75 Å². The monoisotopic (exact) mass is 273 g/mol. The minimum atomic E-state index is -0.207. The number of rotatable bonds is 5. The van der Waals surface area contributed by atoms with Gasteiger partial charge in [0.1, 0.15) is 18.2 Å². The van der Waals surface area contributed by atoms with Crippen molar-refractivity contribution in [2.75, 3.05) is 13.7 Å². The third kappa shape index (κ3) is 3.58. The van der Waals surface area contributed by atoms with Crippen LogP contribution < -0.4 is 10.1 Å². The number of hydrogen-bond donors (Lipinski definition) is 1. The van der Waals surface area contributed by atoms with E-state index in [1.165, 1.54) is 17.2 Å². The molecular weight excluding hydrogens is 253 g/mol. The second-order valence-electron chi connectivity index (χ2n) is 4.97. The third-order valence-electron chi connectivity index (χ3n) is 3.37. The van der Waals surface area contributed by atoms with Gasteiger partial charge in [0.2, 0.25) is 0 Å². The molecule has 1 atom stereocenters. The maximum atomic E-state index is 13.2. The lowest BCUT2D eigenvalue weighted by Gasteiger charge is -2.18. The molecule has 0 radical (unpaired) electrons. The van der Waals surface area contributed by atoms with Crippen LogP contribution in [0.15, 0.2) is 42.5 Å². The molecule has 0 amide bonds. The first-order valence-corrected chi connectivity index (χ1v) is 6.73. The topological polar surface area (TPSA) is 21.3 Å². The van der Waals surface area contributed by atoms with Gasteiger partial charge in [-0.05, 0) is 50.2 Å². The minimum absolute atomic E-state index is 0.112. The van der Waals surface area contributed by atoms with Crippen molar-refractivity contribution in [3.8, 4) is 5.75 Å². The van der Waals surface area contributed by atoms with E-state index in [9.17, 15) is 4.39 Å². The summed E-state index contributed by atoms with van der Waals surface area (Å²) in [5.41, 5.74) is 3.01. The maximum Gasteiger partial charge on any atom is 0.126 e. The average molecular weight is 273 g/mol. The van der Waals surface area contributed by atoms with E-state index < -0.39 is 0 Å². The van der Waals surface area contributed by atoms with Crippen molar-refractivity contribution < 1.29 is 9.13 Å². The van der Waals surface area contributed by atoms with Crippen LogP contribution >= 0.6 is 0 Å². The third-order valence-corrected chi connectivity index (χ3v) is 3.37. The molecule has 0 fully saturated rings. The average Bonchev–Trinajstić information content (AvgIpc) is 2.45. The van der Waals surface area contributed by atoms with E-state index >= 15 is 0 Å². The van der Waals surface area contributed by atoms with Gasteiger partial charge in [0.25, 0.3) is 0 Å². The number of aryl methyl sites for hydroxylation is 2. The summed E-state index contributed by atoms with van der Waals surface area (Å²) in [6.07, 6.45) is 0. The molecule has 106 valence electrons. The first-order chi connectivity index (χ1) is 9.60. The molecule has 2 rings (SSSR count). The molecule has 0 aromatic heterocycles. The van der Waals surface area contributed by atoms with Crippen molar-refractivity contribution in [2.45, 2.75) is 19.9 Å². The standard InChI is InChI=1S/C17H20FNO/c1-12-4-6-14(7-5-12)17(19-3)11-20-15-8-9-16(18)13(2)10-15/h4-10,17,19H,11H2,1-3H3. The zero-order valence-electron chi connectivity index (χ0n) is 12.1. The first kappa shape index (κ1) is 14.5. The van der Waals surface area contributed by atoms with Gasteiger partial charge in [-0.1, -0.05) is 29.8 Å². The lowest BCUT2D eigenvalue weighted by molar-refractivity contribution is 0.272. The van der Waals surface area contributed by atoms with Gasteiger partial charge >= 0.3 is 0 Å². The number of halogens is 1. The van der Waals surface area contributed by atoms with Gasteiger partial charge < -0.3 is 10.1 Å². The molecule has 0 heterocycles. The molecule has 2 nitrogen and oxygen atoms in total. The second kappa shape index (κ2) is 6.53. The van der Waals surface area contributed by atoms with Crippen LogP contribution in [0.2, 0.25) is 0 Å². The van der Waals surface area contributed by atoms with Crippen LogP contribution in [0.25, 0.3) is 0 Å². The van der Waals surface area contributed by atoms with Crippen molar-refractivity contribution in [2.24, 2.45) is 0 Å².